The van der Waals surface area contributed by atoms with Crippen molar-refractivity contribution in [2.24, 2.45) is 5.16 Å². The zero-order valence-corrected chi connectivity index (χ0v) is 17.1. The van der Waals surface area contributed by atoms with Crippen LogP contribution in [0.5, 0.6) is 0 Å². The highest BCUT2D eigenvalue weighted by atomic mass is 31.2. The van der Waals surface area contributed by atoms with Gasteiger partial charge in [-0.05, 0) is 31.9 Å². The molecular formula is C21H28NO4P. The molecule has 0 heterocycles. The van der Waals surface area contributed by atoms with Gasteiger partial charge in [0.05, 0.1) is 18.9 Å². The fourth-order valence-corrected chi connectivity index (χ4v) is 4.74. The van der Waals surface area contributed by atoms with Crippen LogP contribution >= 0.6 is 7.60 Å². The van der Waals surface area contributed by atoms with Gasteiger partial charge in [-0.3, -0.25) is 4.57 Å². The van der Waals surface area contributed by atoms with E-state index in [2.05, 4.69) is 5.16 Å². The Morgan fingerprint density at radius 1 is 1.00 bits per heavy atom. The van der Waals surface area contributed by atoms with E-state index in [-0.39, 0.29) is 0 Å². The van der Waals surface area contributed by atoms with Crippen LogP contribution in [-0.2, 0) is 25.1 Å². The number of hydrogen-bond acceptors (Lipinski definition) is 5. The Bertz CT molecular complexity index is 737. The molecule has 0 spiro atoms. The fraction of sp³-hybridized carbons (Fsp3) is 0.381. The third-order valence-corrected chi connectivity index (χ3v) is 6.52. The second-order valence-corrected chi connectivity index (χ2v) is 8.30. The van der Waals surface area contributed by atoms with Crippen molar-refractivity contribution in [3.05, 3.63) is 71.3 Å². The first-order chi connectivity index (χ1) is 13.1. The molecule has 1 unspecified atom stereocenters. The van der Waals surface area contributed by atoms with Crippen LogP contribution in [0.1, 0.15) is 42.6 Å². The van der Waals surface area contributed by atoms with Gasteiger partial charge in [-0.25, -0.2) is 0 Å². The summed E-state index contributed by atoms with van der Waals surface area (Å²) < 4.78 is 24.5. The molecule has 6 heteroatoms. The summed E-state index contributed by atoms with van der Waals surface area (Å²) in [6.45, 7) is 6.68. The summed E-state index contributed by atoms with van der Waals surface area (Å²) in [5.41, 5.74) is 2.65. The second-order valence-electron chi connectivity index (χ2n) is 6.08. The second kappa shape index (κ2) is 11.0. The van der Waals surface area contributed by atoms with E-state index in [4.69, 9.17) is 13.9 Å². The maximum atomic E-state index is 13.3. The lowest BCUT2D eigenvalue weighted by atomic mass is 10.1. The zero-order valence-electron chi connectivity index (χ0n) is 16.2. The normalized spacial score (nSPS) is 13.0. The fourth-order valence-electron chi connectivity index (χ4n) is 2.70. The van der Waals surface area contributed by atoms with Crippen LogP contribution in [0.2, 0.25) is 0 Å². The molecule has 2 aromatic rings. The lowest BCUT2D eigenvalue weighted by molar-refractivity contribution is 0.131. The molecule has 0 amide bonds. The minimum absolute atomic E-state index is 0.321. The number of rotatable bonds is 11. The van der Waals surface area contributed by atoms with E-state index in [1.54, 1.807) is 6.21 Å². The topological polar surface area (TPSA) is 57.1 Å². The summed E-state index contributed by atoms with van der Waals surface area (Å²) in [5, 5.41) is 4.03. The highest BCUT2D eigenvalue weighted by Gasteiger charge is 2.36. The first-order valence-corrected chi connectivity index (χ1v) is 10.8. The van der Waals surface area contributed by atoms with Gasteiger partial charge < -0.3 is 13.9 Å². The molecular weight excluding hydrogens is 361 g/mol. The molecule has 146 valence electrons. The Balaban J connectivity index is 2.10. The zero-order chi connectivity index (χ0) is 19.5. The summed E-state index contributed by atoms with van der Waals surface area (Å²) in [4.78, 5) is 5.36. The highest BCUT2D eigenvalue weighted by molar-refractivity contribution is 7.54. The van der Waals surface area contributed by atoms with Gasteiger partial charge in [-0.2, -0.15) is 0 Å². The average Bonchev–Trinajstić information content (AvgIpc) is 2.67. The van der Waals surface area contributed by atoms with Gasteiger partial charge in [0.25, 0.3) is 0 Å². The average molecular weight is 389 g/mol. The molecule has 0 aliphatic heterocycles. The maximum Gasteiger partial charge on any atom is 0.338 e. The molecule has 2 aromatic carbocycles. The highest BCUT2D eigenvalue weighted by Crippen LogP contribution is 2.62. The first kappa shape index (κ1) is 21.4. The number of oxime groups is 1. The summed E-state index contributed by atoms with van der Waals surface area (Å²) in [7, 11) is -3.32. The largest absolute Gasteiger partial charge is 0.391 e. The molecule has 0 bridgehead atoms. The van der Waals surface area contributed by atoms with Gasteiger partial charge in [0.2, 0.25) is 0 Å². The van der Waals surface area contributed by atoms with Crippen molar-refractivity contribution in [3.8, 4) is 0 Å². The lowest BCUT2D eigenvalue weighted by Gasteiger charge is -2.25. The minimum Gasteiger partial charge on any atom is -0.391 e. The van der Waals surface area contributed by atoms with E-state index < -0.39 is 13.3 Å². The number of nitrogens with zero attached hydrogens (tertiary/aromatic N) is 1. The Labute approximate surface area is 161 Å². The summed E-state index contributed by atoms with van der Waals surface area (Å²) in [5.74, 6) is 0. The first-order valence-electron chi connectivity index (χ1n) is 9.22. The van der Waals surface area contributed by atoms with Crippen LogP contribution in [0.15, 0.2) is 59.8 Å². The van der Waals surface area contributed by atoms with Crippen LogP contribution in [0.25, 0.3) is 0 Å². The summed E-state index contributed by atoms with van der Waals surface area (Å²) in [6, 6.07) is 17.7. The van der Waals surface area contributed by atoms with E-state index in [0.29, 0.717) is 26.2 Å². The number of aryl methyl sites for hydroxylation is 1. The van der Waals surface area contributed by atoms with Crippen molar-refractivity contribution in [3.63, 3.8) is 0 Å². The van der Waals surface area contributed by atoms with Gasteiger partial charge in [0.1, 0.15) is 6.61 Å². The molecule has 0 aliphatic carbocycles. The van der Waals surface area contributed by atoms with E-state index in [1.165, 1.54) is 0 Å². The van der Waals surface area contributed by atoms with E-state index in [9.17, 15) is 4.57 Å². The lowest BCUT2D eigenvalue weighted by Crippen LogP contribution is -2.08. The third kappa shape index (κ3) is 6.62. The Morgan fingerprint density at radius 2 is 1.63 bits per heavy atom. The number of benzene rings is 2. The van der Waals surface area contributed by atoms with Gasteiger partial charge in [-0.1, -0.05) is 65.3 Å². The molecule has 5 nitrogen and oxygen atoms in total. The molecule has 0 aromatic heterocycles. The quantitative estimate of drug-likeness (QED) is 0.273. The van der Waals surface area contributed by atoms with Gasteiger partial charge in [-0.15, -0.1) is 0 Å². The van der Waals surface area contributed by atoms with Crippen molar-refractivity contribution < 1.29 is 18.5 Å². The SMILES string of the molecule is CCOP(=O)(OCC)C(C/C=N/OCc1ccccc1)c1ccc(C)cc1. The van der Waals surface area contributed by atoms with Gasteiger partial charge in [0, 0.05) is 12.6 Å². The Kier molecular flexibility index (Phi) is 8.73. The van der Waals surface area contributed by atoms with Crippen LogP contribution in [0.4, 0.5) is 0 Å². The summed E-state index contributed by atoms with van der Waals surface area (Å²) >= 11 is 0. The minimum atomic E-state index is -3.32. The van der Waals surface area contributed by atoms with Crippen molar-refractivity contribution >= 4 is 13.8 Å². The predicted molar refractivity (Wildman–Crippen MR) is 109 cm³/mol. The van der Waals surface area contributed by atoms with Crippen molar-refractivity contribution in [1.29, 1.82) is 0 Å². The van der Waals surface area contributed by atoms with Gasteiger partial charge in [0.15, 0.2) is 0 Å². The molecule has 0 radical (unpaired) electrons. The Hall–Kier alpha value is -1.94. The number of hydrogen-bond donors (Lipinski definition) is 0. The molecule has 27 heavy (non-hydrogen) atoms. The molecule has 0 aliphatic rings. The molecule has 0 saturated heterocycles. The molecule has 0 N–H and O–H groups in total. The maximum absolute atomic E-state index is 13.3. The Morgan fingerprint density at radius 3 is 2.22 bits per heavy atom. The molecule has 0 fully saturated rings. The van der Waals surface area contributed by atoms with E-state index in [1.807, 2.05) is 75.4 Å². The summed E-state index contributed by atoms with van der Waals surface area (Å²) in [6.07, 6.45) is 2.04. The van der Waals surface area contributed by atoms with Crippen LogP contribution < -0.4 is 0 Å². The molecule has 1 atom stereocenters. The monoisotopic (exact) mass is 389 g/mol. The van der Waals surface area contributed by atoms with Crippen molar-refractivity contribution in [1.82, 2.24) is 0 Å². The molecule has 0 saturated carbocycles. The third-order valence-electron chi connectivity index (χ3n) is 4.01. The smallest absolute Gasteiger partial charge is 0.338 e. The van der Waals surface area contributed by atoms with Crippen LogP contribution in [-0.4, -0.2) is 19.4 Å². The van der Waals surface area contributed by atoms with Crippen molar-refractivity contribution in [2.45, 2.75) is 39.5 Å². The van der Waals surface area contributed by atoms with E-state index in [0.717, 1.165) is 16.7 Å². The van der Waals surface area contributed by atoms with Gasteiger partial charge >= 0.3 is 7.60 Å². The van der Waals surface area contributed by atoms with Crippen molar-refractivity contribution in [2.75, 3.05) is 13.2 Å². The standard InChI is InChI=1S/C21H28NO4P/c1-4-25-27(23,26-5-2)21(20-13-11-18(3)12-14-20)15-16-22-24-17-19-9-7-6-8-10-19/h6-14,16,21H,4-5,15,17H2,1-3H3/b22-16+. The van der Waals surface area contributed by atoms with E-state index >= 15 is 0 Å². The van der Waals surface area contributed by atoms with Crippen LogP contribution in [0, 0.1) is 6.92 Å². The predicted octanol–water partition coefficient (Wildman–Crippen LogP) is 5.89. The van der Waals surface area contributed by atoms with Crippen LogP contribution in [0.3, 0.4) is 0 Å². The molecule has 2 rings (SSSR count).